The number of para-hydroxylation sites is 1. The lowest BCUT2D eigenvalue weighted by molar-refractivity contribution is -0.131. The summed E-state index contributed by atoms with van der Waals surface area (Å²) in [6.45, 7) is 4.84. The maximum absolute atomic E-state index is 13.1. The molecule has 0 bridgehead atoms. The summed E-state index contributed by atoms with van der Waals surface area (Å²) in [7, 11) is 1.57. The van der Waals surface area contributed by atoms with E-state index in [9.17, 15) is 14.7 Å². The molecule has 2 aromatic carbocycles. The van der Waals surface area contributed by atoms with Crippen molar-refractivity contribution in [1.82, 2.24) is 19.9 Å². The molecule has 0 aliphatic carbocycles. The normalized spacial score (nSPS) is 15.0. The Balaban J connectivity index is 1.61. The summed E-state index contributed by atoms with van der Waals surface area (Å²) >= 11 is 0. The highest BCUT2D eigenvalue weighted by Gasteiger charge is 2.27. The summed E-state index contributed by atoms with van der Waals surface area (Å²) in [6.07, 6.45) is 6.85. The van der Waals surface area contributed by atoms with Crippen LogP contribution >= 0.6 is 0 Å². The third-order valence-electron chi connectivity index (χ3n) is 6.32. The van der Waals surface area contributed by atoms with Crippen molar-refractivity contribution in [1.29, 1.82) is 0 Å². The smallest absolute Gasteiger partial charge is 0.328 e. The summed E-state index contributed by atoms with van der Waals surface area (Å²) < 4.78 is 13.3. The number of nitrogens with zero attached hydrogens (tertiary/aromatic N) is 4. The summed E-state index contributed by atoms with van der Waals surface area (Å²) in [4.78, 5) is 25.9. The number of carboxylic acids is 1. The van der Waals surface area contributed by atoms with Crippen LogP contribution in [-0.4, -0.2) is 68.3 Å². The van der Waals surface area contributed by atoms with E-state index in [1.807, 2.05) is 26.0 Å². The highest BCUT2D eigenvalue weighted by molar-refractivity contribution is 5.98. The summed E-state index contributed by atoms with van der Waals surface area (Å²) in [5, 5.41) is 27.5. The van der Waals surface area contributed by atoms with Crippen molar-refractivity contribution in [2.24, 2.45) is 0 Å². The predicted molar refractivity (Wildman–Crippen MR) is 145 cm³/mol. The molecule has 1 fully saturated rings. The van der Waals surface area contributed by atoms with Crippen molar-refractivity contribution >= 4 is 18.0 Å². The second kappa shape index (κ2) is 12.4. The molecule has 39 heavy (non-hydrogen) atoms. The number of aliphatic carboxylic acids is 1. The van der Waals surface area contributed by atoms with E-state index in [4.69, 9.17) is 14.6 Å². The van der Waals surface area contributed by atoms with Crippen LogP contribution in [0, 0.1) is 0 Å². The van der Waals surface area contributed by atoms with Gasteiger partial charge in [-0.3, -0.25) is 4.79 Å². The largest absolute Gasteiger partial charge is 0.496 e. The van der Waals surface area contributed by atoms with Crippen LogP contribution in [0.5, 0.6) is 11.5 Å². The number of allylic oxidation sites excluding steroid dienone is 2. The fourth-order valence-corrected chi connectivity index (χ4v) is 4.36. The van der Waals surface area contributed by atoms with Gasteiger partial charge in [0.15, 0.2) is 0 Å². The Morgan fingerprint density at radius 3 is 2.67 bits per heavy atom. The van der Waals surface area contributed by atoms with Crippen molar-refractivity contribution in [2.75, 3.05) is 20.2 Å². The number of hydrogen-bond donors (Lipinski definition) is 2. The Morgan fingerprint density at radius 2 is 1.97 bits per heavy atom. The fraction of sp³-hybridized carbons (Fsp3) is 0.310. The quantitative estimate of drug-likeness (QED) is 0.299. The Labute approximate surface area is 226 Å². The Hall–Kier alpha value is -4.44. The first-order chi connectivity index (χ1) is 18.8. The molecule has 0 spiro atoms. The SMILES string of the molecule is COc1ccc(/C=C\C(=O)O)c(OCc2cn(-c3ccccc3C(=O)N3CCC(O)C3)nn2)c1CC=C(C)C. The maximum atomic E-state index is 13.1. The van der Waals surface area contributed by atoms with Gasteiger partial charge in [0.05, 0.1) is 30.7 Å². The molecule has 1 unspecified atom stereocenters. The van der Waals surface area contributed by atoms with Crippen LogP contribution in [0.2, 0.25) is 0 Å². The molecule has 0 radical (unpaired) electrons. The molecule has 4 rings (SSSR count). The second-order valence-corrected chi connectivity index (χ2v) is 9.48. The minimum atomic E-state index is -1.07. The van der Waals surface area contributed by atoms with Gasteiger partial charge in [-0.25, -0.2) is 9.48 Å². The molecule has 10 nitrogen and oxygen atoms in total. The van der Waals surface area contributed by atoms with Gasteiger partial charge in [0.25, 0.3) is 5.91 Å². The first-order valence-electron chi connectivity index (χ1n) is 12.6. The molecule has 1 amide bonds. The van der Waals surface area contributed by atoms with Crippen LogP contribution in [0.15, 0.2) is 60.3 Å². The predicted octanol–water partition coefficient (Wildman–Crippen LogP) is 3.67. The molecule has 2 N–H and O–H groups in total. The fourth-order valence-electron chi connectivity index (χ4n) is 4.36. The lowest BCUT2D eigenvalue weighted by Gasteiger charge is -2.17. The highest BCUT2D eigenvalue weighted by Crippen LogP contribution is 2.35. The lowest BCUT2D eigenvalue weighted by Crippen LogP contribution is -2.30. The van der Waals surface area contributed by atoms with E-state index in [2.05, 4.69) is 10.3 Å². The van der Waals surface area contributed by atoms with Gasteiger partial charge in [0.2, 0.25) is 0 Å². The number of carbonyl (C=O) groups excluding carboxylic acids is 1. The van der Waals surface area contributed by atoms with Crippen LogP contribution in [0.25, 0.3) is 11.8 Å². The molecule has 10 heteroatoms. The van der Waals surface area contributed by atoms with E-state index >= 15 is 0 Å². The monoisotopic (exact) mass is 532 g/mol. The minimum Gasteiger partial charge on any atom is -0.496 e. The van der Waals surface area contributed by atoms with Crippen LogP contribution < -0.4 is 9.47 Å². The molecule has 1 aliphatic heterocycles. The number of carboxylic acid groups (broad SMARTS) is 1. The van der Waals surface area contributed by atoms with Crippen molar-refractivity contribution < 1.29 is 29.3 Å². The average Bonchev–Trinajstić information content (AvgIpc) is 3.58. The number of aromatic nitrogens is 3. The number of hydrogen-bond acceptors (Lipinski definition) is 7. The number of amides is 1. The van der Waals surface area contributed by atoms with Gasteiger partial charge in [-0.1, -0.05) is 29.0 Å². The van der Waals surface area contributed by atoms with Crippen molar-refractivity contribution in [3.63, 3.8) is 0 Å². The molecule has 204 valence electrons. The third kappa shape index (κ3) is 6.71. The molecule has 1 atom stereocenters. The number of methoxy groups -OCH3 is 1. The van der Waals surface area contributed by atoms with Crippen molar-refractivity contribution in [2.45, 2.75) is 39.4 Å². The number of aliphatic hydroxyl groups excluding tert-OH is 1. The number of carbonyl (C=O) groups is 2. The van der Waals surface area contributed by atoms with E-state index < -0.39 is 12.1 Å². The van der Waals surface area contributed by atoms with Gasteiger partial charge in [-0.15, -0.1) is 5.10 Å². The molecule has 1 aromatic heterocycles. The minimum absolute atomic E-state index is 0.0529. The van der Waals surface area contributed by atoms with Gasteiger partial charge in [0.1, 0.15) is 23.8 Å². The van der Waals surface area contributed by atoms with Crippen molar-refractivity contribution in [3.05, 3.63) is 82.7 Å². The van der Waals surface area contributed by atoms with Crippen LogP contribution in [0.4, 0.5) is 0 Å². The first-order valence-corrected chi connectivity index (χ1v) is 12.6. The molecule has 2 heterocycles. The Bertz CT molecular complexity index is 1410. The maximum Gasteiger partial charge on any atom is 0.328 e. The number of benzene rings is 2. The summed E-state index contributed by atoms with van der Waals surface area (Å²) in [5.41, 5.74) is 4.03. The topological polar surface area (TPSA) is 127 Å². The van der Waals surface area contributed by atoms with E-state index in [0.717, 1.165) is 17.2 Å². The number of rotatable bonds is 10. The van der Waals surface area contributed by atoms with Gasteiger partial charge in [-0.05, 0) is 57.0 Å². The zero-order chi connectivity index (χ0) is 27.9. The van der Waals surface area contributed by atoms with E-state index in [0.29, 0.717) is 59.9 Å². The lowest BCUT2D eigenvalue weighted by atomic mass is 10.0. The Kier molecular flexibility index (Phi) is 8.77. The average molecular weight is 533 g/mol. The number of β-amino-alcohol motifs (C(OH)–C–C–N with tert-alkyl or cyclic N) is 1. The molecule has 1 aliphatic rings. The van der Waals surface area contributed by atoms with Crippen molar-refractivity contribution in [3.8, 4) is 17.2 Å². The molecule has 0 saturated carbocycles. The second-order valence-electron chi connectivity index (χ2n) is 9.48. The Morgan fingerprint density at radius 1 is 1.18 bits per heavy atom. The zero-order valence-corrected chi connectivity index (χ0v) is 22.2. The molecular formula is C29H32N4O6. The van der Waals surface area contributed by atoms with Crippen LogP contribution in [0.1, 0.15) is 47.4 Å². The molecular weight excluding hydrogens is 500 g/mol. The number of aliphatic hydroxyl groups is 1. The van der Waals surface area contributed by atoms with Gasteiger partial charge >= 0.3 is 5.97 Å². The van der Waals surface area contributed by atoms with E-state index in [1.54, 1.807) is 48.5 Å². The van der Waals surface area contributed by atoms with E-state index in [-0.39, 0.29) is 12.5 Å². The molecule has 3 aromatic rings. The third-order valence-corrected chi connectivity index (χ3v) is 6.32. The van der Waals surface area contributed by atoms with Gasteiger partial charge in [0, 0.05) is 30.3 Å². The molecule has 1 saturated heterocycles. The van der Waals surface area contributed by atoms with Crippen LogP contribution in [0.3, 0.4) is 0 Å². The first kappa shape index (κ1) is 27.6. The number of ether oxygens (including phenoxy) is 2. The van der Waals surface area contributed by atoms with Crippen LogP contribution in [-0.2, 0) is 17.8 Å². The van der Waals surface area contributed by atoms with E-state index in [1.165, 1.54) is 10.8 Å². The highest BCUT2D eigenvalue weighted by atomic mass is 16.5. The van der Waals surface area contributed by atoms with Gasteiger partial charge < -0.3 is 24.6 Å². The zero-order valence-electron chi connectivity index (χ0n) is 22.2. The van der Waals surface area contributed by atoms with Gasteiger partial charge in [-0.2, -0.15) is 0 Å². The summed E-state index contributed by atoms with van der Waals surface area (Å²) in [5.74, 6) is -0.131. The summed E-state index contributed by atoms with van der Waals surface area (Å²) in [6, 6.07) is 10.6. The standard InChI is InChI=1S/C29H32N4O6/c1-19(2)8-11-24-26(38-3)12-9-20(10-13-27(35)36)28(24)39-18-21-16-33(31-30-21)25-7-5-4-6-23(25)29(37)32-15-14-22(34)17-32/h4-10,12-13,16,22,34H,11,14-15,17-18H2,1-3H3,(H,35,36)/b13-10-. The number of likely N-dealkylation sites (tertiary alicyclic amines) is 1.